The van der Waals surface area contributed by atoms with Crippen molar-refractivity contribution in [3.05, 3.63) is 48.0 Å². The van der Waals surface area contributed by atoms with Crippen LogP contribution in [0.2, 0.25) is 0 Å². The fourth-order valence-corrected chi connectivity index (χ4v) is 1.30. The highest BCUT2D eigenvalue weighted by molar-refractivity contribution is 5.91. The lowest BCUT2D eigenvalue weighted by atomic mass is 10.2. The average Bonchev–Trinajstić information content (AvgIpc) is 2.68. The van der Waals surface area contributed by atoms with Crippen molar-refractivity contribution < 1.29 is 13.6 Å². The van der Waals surface area contributed by atoms with Gasteiger partial charge in [0, 0.05) is 12.5 Å². The van der Waals surface area contributed by atoms with Gasteiger partial charge < -0.3 is 4.42 Å². The molecule has 0 spiro atoms. The normalized spacial score (nSPS) is 10.3. The lowest BCUT2D eigenvalue weighted by Crippen LogP contribution is -1.86. The second-order valence-corrected chi connectivity index (χ2v) is 3.23. The van der Waals surface area contributed by atoms with Crippen molar-refractivity contribution in [2.45, 2.75) is 6.92 Å². The van der Waals surface area contributed by atoms with Crippen LogP contribution in [0, 0.1) is 5.82 Å². The zero-order chi connectivity index (χ0) is 10.8. The molecule has 2 aromatic rings. The van der Waals surface area contributed by atoms with Gasteiger partial charge in [-0.1, -0.05) is 0 Å². The lowest BCUT2D eigenvalue weighted by Gasteiger charge is -1.95. The molecule has 76 valence electrons. The molecule has 0 atom stereocenters. The van der Waals surface area contributed by atoms with Crippen LogP contribution in [-0.2, 0) is 0 Å². The van der Waals surface area contributed by atoms with Crippen LogP contribution in [0.25, 0.3) is 11.3 Å². The number of carbonyl (C=O) groups is 1. The minimum absolute atomic E-state index is 0.122. The molecule has 1 heterocycles. The van der Waals surface area contributed by atoms with Crippen molar-refractivity contribution in [3.63, 3.8) is 0 Å². The Labute approximate surface area is 86.3 Å². The van der Waals surface area contributed by atoms with Crippen LogP contribution >= 0.6 is 0 Å². The summed E-state index contributed by atoms with van der Waals surface area (Å²) in [7, 11) is 0. The first-order valence-electron chi connectivity index (χ1n) is 4.53. The van der Waals surface area contributed by atoms with Crippen LogP contribution < -0.4 is 0 Å². The highest BCUT2D eigenvalue weighted by Gasteiger charge is 2.07. The molecule has 0 saturated heterocycles. The second-order valence-electron chi connectivity index (χ2n) is 3.23. The summed E-state index contributed by atoms with van der Waals surface area (Å²) in [5.74, 6) is 0.468. The van der Waals surface area contributed by atoms with Gasteiger partial charge in [-0.25, -0.2) is 4.39 Å². The van der Waals surface area contributed by atoms with Gasteiger partial charge in [0.1, 0.15) is 11.6 Å². The number of halogens is 1. The molecule has 2 nitrogen and oxygen atoms in total. The average molecular weight is 204 g/mol. The van der Waals surface area contributed by atoms with Crippen LogP contribution in [0.4, 0.5) is 4.39 Å². The van der Waals surface area contributed by atoms with Crippen molar-refractivity contribution in [3.8, 4) is 11.3 Å². The Kier molecular flexibility index (Phi) is 2.37. The first kappa shape index (κ1) is 9.65. The quantitative estimate of drug-likeness (QED) is 0.702. The van der Waals surface area contributed by atoms with E-state index in [-0.39, 0.29) is 11.6 Å². The molecule has 0 saturated carbocycles. The Morgan fingerprint density at radius 1 is 1.13 bits per heavy atom. The first-order chi connectivity index (χ1) is 7.16. The monoisotopic (exact) mass is 204 g/mol. The molecule has 1 aromatic carbocycles. The second kappa shape index (κ2) is 3.69. The highest BCUT2D eigenvalue weighted by atomic mass is 19.1. The largest absolute Gasteiger partial charge is 0.453 e. The smallest absolute Gasteiger partial charge is 0.194 e. The van der Waals surface area contributed by atoms with Crippen LogP contribution in [-0.4, -0.2) is 5.78 Å². The number of hydrogen-bond acceptors (Lipinski definition) is 2. The van der Waals surface area contributed by atoms with E-state index in [2.05, 4.69) is 0 Å². The van der Waals surface area contributed by atoms with E-state index in [0.717, 1.165) is 5.56 Å². The van der Waals surface area contributed by atoms with Gasteiger partial charge in [0.2, 0.25) is 0 Å². The minimum Gasteiger partial charge on any atom is -0.453 e. The molecule has 2 rings (SSSR count). The molecule has 0 bridgehead atoms. The summed E-state index contributed by atoms with van der Waals surface area (Å²) in [6.07, 6.45) is 0. The maximum Gasteiger partial charge on any atom is 0.194 e. The maximum atomic E-state index is 12.7. The van der Waals surface area contributed by atoms with E-state index in [1.54, 1.807) is 24.3 Å². The zero-order valence-corrected chi connectivity index (χ0v) is 8.16. The molecule has 0 fully saturated rings. The van der Waals surface area contributed by atoms with Crippen molar-refractivity contribution in [2.24, 2.45) is 0 Å². The lowest BCUT2D eigenvalue weighted by molar-refractivity contribution is 0.0988. The van der Waals surface area contributed by atoms with E-state index in [4.69, 9.17) is 4.42 Å². The minimum atomic E-state index is -0.294. The van der Waals surface area contributed by atoms with E-state index in [9.17, 15) is 9.18 Å². The van der Waals surface area contributed by atoms with E-state index in [0.29, 0.717) is 11.5 Å². The van der Waals surface area contributed by atoms with Crippen LogP contribution in [0.5, 0.6) is 0 Å². The number of carbonyl (C=O) groups excluding carboxylic acids is 1. The van der Waals surface area contributed by atoms with E-state index < -0.39 is 0 Å². The Morgan fingerprint density at radius 2 is 1.80 bits per heavy atom. The molecule has 0 radical (unpaired) electrons. The molecule has 0 aliphatic rings. The number of rotatable bonds is 2. The molecular formula is C12H9FO2. The summed E-state index contributed by atoms with van der Waals surface area (Å²) in [4.78, 5) is 11.0. The summed E-state index contributed by atoms with van der Waals surface area (Å²) in [5, 5.41) is 0. The summed E-state index contributed by atoms with van der Waals surface area (Å²) >= 11 is 0. The summed E-state index contributed by atoms with van der Waals surface area (Å²) in [6.45, 7) is 1.44. The van der Waals surface area contributed by atoms with Crippen molar-refractivity contribution in [1.82, 2.24) is 0 Å². The van der Waals surface area contributed by atoms with Crippen LogP contribution in [0.3, 0.4) is 0 Å². The Morgan fingerprint density at radius 3 is 2.33 bits per heavy atom. The van der Waals surface area contributed by atoms with Gasteiger partial charge in [-0.3, -0.25) is 4.79 Å². The number of furan rings is 1. The predicted octanol–water partition coefficient (Wildman–Crippen LogP) is 3.29. The third-order valence-electron chi connectivity index (χ3n) is 2.08. The van der Waals surface area contributed by atoms with E-state index in [1.165, 1.54) is 19.1 Å². The van der Waals surface area contributed by atoms with Crippen LogP contribution in [0.1, 0.15) is 17.5 Å². The Balaban J connectivity index is 2.37. The van der Waals surface area contributed by atoms with E-state index in [1.807, 2.05) is 0 Å². The summed E-state index contributed by atoms with van der Waals surface area (Å²) < 4.78 is 18.0. The number of ketones is 1. The Hall–Kier alpha value is -1.90. The fraction of sp³-hybridized carbons (Fsp3) is 0.0833. The molecule has 0 amide bonds. The zero-order valence-electron chi connectivity index (χ0n) is 8.16. The first-order valence-corrected chi connectivity index (χ1v) is 4.53. The van der Waals surface area contributed by atoms with Gasteiger partial charge in [0.05, 0.1) is 0 Å². The SMILES string of the molecule is CC(=O)c1ccc(-c2ccc(F)cc2)o1. The van der Waals surface area contributed by atoms with Gasteiger partial charge in [0.15, 0.2) is 11.5 Å². The van der Waals surface area contributed by atoms with Gasteiger partial charge in [-0.05, 0) is 36.4 Å². The molecule has 3 heteroatoms. The molecule has 0 aliphatic carbocycles. The maximum absolute atomic E-state index is 12.7. The van der Waals surface area contributed by atoms with Crippen molar-refractivity contribution in [1.29, 1.82) is 0 Å². The van der Waals surface area contributed by atoms with Crippen molar-refractivity contribution >= 4 is 5.78 Å². The molecule has 0 N–H and O–H groups in total. The molecule has 15 heavy (non-hydrogen) atoms. The highest BCUT2D eigenvalue weighted by Crippen LogP contribution is 2.22. The fourth-order valence-electron chi connectivity index (χ4n) is 1.30. The van der Waals surface area contributed by atoms with E-state index >= 15 is 0 Å². The third-order valence-corrected chi connectivity index (χ3v) is 2.08. The third kappa shape index (κ3) is 1.96. The van der Waals surface area contributed by atoms with Gasteiger partial charge in [-0.15, -0.1) is 0 Å². The molecule has 1 aromatic heterocycles. The van der Waals surface area contributed by atoms with Gasteiger partial charge in [0.25, 0.3) is 0 Å². The number of hydrogen-bond donors (Lipinski definition) is 0. The summed E-state index contributed by atoms with van der Waals surface area (Å²) in [5.41, 5.74) is 0.754. The summed E-state index contributed by atoms with van der Waals surface area (Å²) in [6, 6.07) is 9.23. The van der Waals surface area contributed by atoms with Crippen molar-refractivity contribution in [2.75, 3.05) is 0 Å². The molecular weight excluding hydrogens is 195 g/mol. The number of Topliss-reactive ketones (excluding diaryl/α,β-unsaturated/α-hetero) is 1. The van der Waals surface area contributed by atoms with Gasteiger partial charge in [-0.2, -0.15) is 0 Å². The topological polar surface area (TPSA) is 30.2 Å². The molecule has 0 unspecified atom stereocenters. The van der Waals surface area contributed by atoms with Gasteiger partial charge >= 0.3 is 0 Å². The standard InChI is InChI=1S/C12H9FO2/c1-8(14)11-6-7-12(15-11)9-2-4-10(13)5-3-9/h2-7H,1H3. The number of benzene rings is 1. The Bertz CT molecular complexity index is 483. The van der Waals surface area contributed by atoms with Crippen LogP contribution in [0.15, 0.2) is 40.8 Å². The molecule has 0 aliphatic heterocycles. The predicted molar refractivity (Wildman–Crippen MR) is 54.1 cm³/mol.